The molecule has 3 nitrogen and oxygen atoms in total. The van der Waals surface area contributed by atoms with E-state index < -0.39 is 11.4 Å². The summed E-state index contributed by atoms with van der Waals surface area (Å²) in [6, 6.07) is 11.7. The first-order chi connectivity index (χ1) is 9.81. The molecule has 1 amide bonds. The van der Waals surface area contributed by atoms with E-state index in [9.17, 15) is 9.18 Å². The van der Waals surface area contributed by atoms with E-state index in [1.807, 2.05) is 32.0 Å². The van der Waals surface area contributed by atoms with Gasteiger partial charge in [-0.15, -0.1) is 0 Å². The van der Waals surface area contributed by atoms with Crippen LogP contribution in [0.25, 0.3) is 0 Å². The summed E-state index contributed by atoms with van der Waals surface area (Å²) >= 11 is 0. The first kappa shape index (κ1) is 15.0. The van der Waals surface area contributed by atoms with E-state index in [4.69, 9.17) is 5.73 Å². The lowest BCUT2D eigenvalue weighted by molar-refractivity contribution is -0.122. The molecule has 0 saturated carbocycles. The molecular weight excluding hydrogens is 267 g/mol. The Kier molecular flexibility index (Phi) is 3.98. The Bertz CT molecular complexity index is 647. The number of nitrogens with two attached hydrogens (primary N) is 1. The number of primary amides is 1. The van der Waals surface area contributed by atoms with Gasteiger partial charge in [0, 0.05) is 5.69 Å². The van der Waals surface area contributed by atoms with Crippen LogP contribution in [0.1, 0.15) is 23.6 Å². The SMILES string of the molecule is Cc1cc(C)cc(C(C)(Nc2ccc(F)cc2)C(N)=O)c1. The van der Waals surface area contributed by atoms with Crippen molar-refractivity contribution in [2.75, 3.05) is 5.32 Å². The molecular formula is C17H19FN2O. The van der Waals surface area contributed by atoms with Crippen molar-refractivity contribution in [3.8, 4) is 0 Å². The second-order valence-electron chi connectivity index (χ2n) is 5.50. The Morgan fingerprint density at radius 3 is 2.10 bits per heavy atom. The molecule has 0 saturated heterocycles. The second-order valence-corrected chi connectivity index (χ2v) is 5.50. The summed E-state index contributed by atoms with van der Waals surface area (Å²) in [7, 11) is 0. The van der Waals surface area contributed by atoms with E-state index in [0.717, 1.165) is 16.7 Å². The summed E-state index contributed by atoms with van der Waals surface area (Å²) in [5, 5.41) is 3.11. The molecule has 0 spiro atoms. The van der Waals surface area contributed by atoms with Crippen LogP contribution in [0.15, 0.2) is 42.5 Å². The lowest BCUT2D eigenvalue weighted by Gasteiger charge is -2.30. The zero-order valence-corrected chi connectivity index (χ0v) is 12.4. The number of anilines is 1. The number of hydrogen-bond acceptors (Lipinski definition) is 2. The van der Waals surface area contributed by atoms with Crippen LogP contribution in [0.2, 0.25) is 0 Å². The number of carbonyl (C=O) groups excluding carboxylic acids is 1. The van der Waals surface area contributed by atoms with E-state index in [1.165, 1.54) is 12.1 Å². The minimum Gasteiger partial charge on any atom is -0.368 e. The van der Waals surface area contributed by atoms with Gasteiger partial charge in [-0.1, -0.05) is 29.3 Å². The highest BCUT2D eigenvalue weighted by Gasteiger charge is 2.33. The molecule has 0 bridgehead atoms. The van der Waals surface area contributed by atoms with E-state index in [1.54, 1.807) is 19.1 Å². The molecule has 0 aromatic heterocycles. The molecule has 2 aromatic carbocycles. The fourth-order valence-electron chi connectivity index (χ4n) is 2.36. The van der Waals surface area contributed by atoms with Gasteiger partial charge in [-0.25, -0.2) is 4.39 Å². The van der Waals surface area contributed by atoms with Gasteiger partial charge in [0.15, 0.2) is 0 Å². The minimum absolute atomic E-state index is 0.326. The number of hydrogen-bond donors (Lipinski definition) is 2. The molecule has 0 aliphatic heterocycles. The van der Waals surface area contributed by atoms with E-state index in [2.05, 4.69) is 5.32 Å². The van der Waals surface area contributed by atoms with Gasteiger partial charge in [0.1, 0.15) is 11.4 Å². The number of rotatable bonds is 4. The molecule has 0 fully saturated rings. The number of nitrogens with one attached hydrogen (secondary N) is 1. The third-order valence-electron chi connectivity index (χ3n) is 3.53. The van der Waals surface area contributed by atoms with E-state index in [0.29, 0.717) is 5.69 Å². The molecule has 0 radical (unpaired) electrons. The summed E-state index contributed by atoms with van der Waals surface area (Å²) in [5.74, 6) is -0.815. The van der Waals surface area contributed by atoms with E-state index in [-0.39, 0.29) is 5.82 Å². The number of benzene rings is 2. The first-order valence-corrected chi connectivity index (χ1v) is 6.74. The van der Waals surface area contributed by atoms with Crippen LogP contribution in [0.5, 0.6) is 0 Å². The molecule has 0 heterocycles. The van der Waals surface area contributed by atoms with Gasteiger partial charge in [-0.2, -0.15) is 0 Å². The predicted molar refractivity (Wildman–Crippen MR) is 82.5 cm³/mol. The number of halogens is 1. The highest BCUT2D eigenvalue weighted by molar-refractivity contribution is 5.89. The molecule has 3 N–H and O–H groups in total. The summed E-state index contributed by atoms with van der Waals surface area (Å²) in [6.45, 7) is 5.67. The Hall–Kier alpha value is -2.36. The first-order valence-electron chi connectivity index (χ1n) is 6.74. The Labute approximate surface area is 124 Å². The smallest absolute Gasteiger partial charge is 0.247 e. The van der Waals surface area contributed by atoms with Gasteiger partial charge < -0.3 is 11.1 Å². The average molecular weight is 286 g/mol. The van der Waals surface area contributed by atoms with Crippen molar-refractivity contribution < 1.29 is 9.18 Å². The summed E-state index contributed by atoms with van der Waals surface area (Å²) in [5.41, 5.74) is 8.08. The summed E-state index contributed by atoms with van der Waals surface area (Å²) in [4.78, 5) is 12.0. The van der Waals surface area contributed by atoms with Crippen LogP contribution in [-0.4, -0.2) is 5.91 Å². The second kappa shape index (κ2) is 5.56. The van der Waals surface area contributed by atoms with Crippen molar-refractivity contribution in [2.24, 2.45) is 5.73 Å². The maximum atomic E-state index is 13.0. The molecule has 0 aliphatic carbocycles. The molecule has 21 heavy (non-hydrogen) atoms. The van der Waals surface area contributed by atoms with Crippen molar-refractivity contribution in [1.29, 1.82) is 0 Å². The van der Waals surface area contributed by atoms with Crippen LogP contribution in [0.4, 0.5) is 10.1 Å². The van der Waals surface area contributed by atoms with Crippen molar-refractivity contribution >= 4 is 11.6 Å². The number of amides is 1. The van der Waals surface area contributed by atoms with Crippen LogP contribution >= 0.6 is 0 Å². The van der Waals surface area contributed by atoms with E-state index >= 15 is 0 Å². The third kappa shape index (κ3) is 3.21. The zero-order chi connectivity index (χ0) is 15.6. The van der Waals surface area contributed by atoms with Gasteiger partial charge >= 0.3 is 0 Å². The van der Waals surface area contributed by atoms with Gasteiger partial charge in [-0.05, 0) is 50.6 Å². The maximum absolute atomic E-state index is 13.0. The molecule has 0 aliphatic rings. The predicted octanol–water partition coefficient (Wildman–Crippen LogP) is 3.26. The lowest BCUT2D eigenvalue weighted by atomic mass is 9.88. The van der Waals surface area contributed by atoms with Crippen molar-refractivity contribution in [3.63, 3.8) is 0 Å². The maximum Gasteiger partial charge on any atom is 0.247 e. The molecule has 110 valence electrons. The Balaban J connectivity index is 2.44. The summed E-state index contributed by atoms with van der Waals surface area (Å²) in [6.07, 6.45) is 0. The highest BCUT2D eigenvalue weighted by Crippen LogP contribution is 2.27. The van der Waals surface area contributed by atoms with Crippen molar-refractivity contribution in [3.05, 3.63) is 65.0 Å². The van der Waals surface area contributed by atoms with Crippen LogP contribution in [-0.2, 0) is 10.3 Å². The van der Waals surface area contributed by atoms with Gasteiger partial charge in [0.05, 0.1) is 0 Å². The molecule has 2 aromatic rings. The zero-order valence-electron chi connectivity index (χ0n) is 12.4. The highest BCUT2D eigenvalue weighted by atomic mass is 19.1. The third-order valence-corrected chi connectivity index (χ3v) is 3.53. The van der Waals surface area contributed by atoms with Gasteiger partial charge in [0.2, 0.25) is 5.91 Å². The molecule has 1 atom stereocenters. The lowest BCUT2D eigenvalue weighted by Crippen LogP contribution is -2.45. The molecule has 2 rings (SSSR count). The standard InChI is InChI=1S/C17H19FN2O/c1-11-8-12(2)10-13(9-11)17(3,16(19)21)20-15-6-4-14(18)5-7-15/h4-10,20H,1-3H3,(H2,19,21). The monoisotopic (exact) mass is 286 g/mol. The van der Waals surface area contributed by atoms with Crippen LogP contribution in [0.3, 0.4) is 0 Å². The van der Waals surface area contributed by atoms with Gasteiger partial charge in [-0.3, -0.25) is 4.79 Å². The fourth-order valence-corrected chi connectivity index (χ4v) is 2.36. The number of aryl methyl sites for hydroxylation is 2. The number of carbonyl (C=O) groups is 1. The van der Waals surface area contributed by atoms with Crippen molar-refractivity contribution in [2.45, 2.75) is 26.3 Å². The molecule has 1 unspecified atom stereocenters. The summed E-state index contributed by atoms with van der Waals surface area (Å²) < 4.78 is 13.0. The quantitative estimate of drug-likeness (QED) is 0.906. The Morgan fingerprint density at radius 1 is 1.10 bits per heavy atom. The average Bonchev–Trinajstić information content (AvgIpc) is 2.40. The largest absolute Gasteiger partial charge is 0.368 e. The van der Waals surface area contributed by atoms with Crippen molar-refractivity contribution in [1.82, 2.24) is 0 Å². The molecule has 4 heteroatoms. The van der Waals surface area contributed by atoms with Gasteiger partial charge in [0.25, 0.3) is 0 Å². The van der Waals surface area contributed by atoms with Crippen LogP contribution < -0.4 is 11.1 Å². The fraction of sp³-hybridized carbons (Fsp3) is 0.235. The Morgan fingerprint density at radius 2 is 1.62 bits per heavy atom. The topological polar surface area (TPSA) is 55.1 Å². The van der Waals surface area contributed by atoms with Crippen LogP contribution in [0, 0.1) is 19.7 Å². The minimum atomic E-state index is -1.06. The normalized spacial score (nSPS) is 13.5.